The summed E-state index contributed by atoms with van der Waals surface area (Å²) in [5.74, 6) is 0.816. The molecule has 0 bridgehead atoms. The topological polar surface area (TPSA) is 366 Å². The SMILES string of the molecule is Nc1ccc([N+](=O)[O-])c[nH+]1.Nc1ccc([N+](=O)[O-])c[nH+]1.[Cr+6].[Cr+6].[O-2].[O-2].[O-2].[O-2].[O-2].[O-2].[O-2]. The van der Waals surface area contributed by atoms with Crippen molar-refractivity contribution in [2.45, 2.75) is 0 Å². The van der Waals surface area contributed by atoms with Crippen molar-refractivity contribution in [3.63, 3.8) is 0 Å². The van der Waals surface area contributed by atoms with Crippen LogP contribution in [-0.4, -0.2) is 9.85 Å². The van der Waals surface area contributed by atoms with Crippen LogP contribution in [0.5, 0.6) is 0 Å². The first-order valence-electron chi connectivity index (χ1n) is 5.23. The smallest absolute Gasteiger partial charge is 2.00 e. The number of nitrogens with two attached hydrogens (primary N) is 2. The summed E-state index contributed by atoms with van der Waals surface area (Å²) >= 11 is 0. The molecule has 0 radical (unpaired) electrons. The fraction of sp³-hybridized carbons (Fsp3) is 0. The predicted octanol–water partition coefficient (Wildman–Crippen LogP) is -0.854. The second-order valence-electron chi connectivity index (χ2n) is 3.52. The van der Waals surface area contributed by atoms with E-state index in [9.17, 15) is 20.2 Å². The molecule has 0 spiro atoms. The zero-order chi connectivity index (χ0) is 15.1. The van der Waals surface area contributed by atoms with Gasteiger partial charge in [-0.15, -0.1) is 0 Å². The number of pyridine rings is 2. The minimum absolute atomic E-state index is 0. The second kappa shape index (κ2) is 27.7. The van der Waals surface area contributed by atoms with E-state index >= 15 is 0 Å². The van der Waals surface area contributed by atoms with E-state index in [1.165, 1.54) is 36.7 Å². The van der Waals surface area contributed by atoms with Gasteiger partial charge < -0.3 is 38.3 Å². The van der Waals surface area contributed by atoms with Crippen molar-refractivity contribution in [3.8, 4) is 0 Å². The van der Waals surface area contributed by atoms with Gasteiger partial charge in [0.15, 0.2) is 12.4 Å². The summed E-state index contributed by atoms with van der Waals surface area (Å²) in [6, 6.07) is 5.56. The minimum Gasteiger partial charge on any atom is -2.00 e. The normalized spacial score (nSPS) is 6.34. The first-order chi connectivity index (χ1) is 9.40. The molecule has 2 aromatic heterocycles. The Kier molecular flexibility index (Phi) is 53.7. The molecule has 0 atom stereocenters. The van der Waals surface area contributed by atoms with E-state index in [-0.39, 0.29) is 84.4 Å². The van der Waals surface area contributed by atoms with Crippen molar-refractivity contribution in [2.24, 2.45) is 0 Å². The van der Waals surface area contributed by atoms with Crippen molar-refractivity contribution < 1.29 is 92.9 Å². The van der Waals surface area contributed by atoms with Crippen LogP contribution in [0.15, 0.2) is 36.7 Å². The molecule has 0 saturated heterocycles. The van der Waals surface area contributed by atoms with Crippen LogP contribution >= 0.6 is 0 Å². The molecule has 17 nitrogen and oxygen atoms in total. The Morgan fingerprint density at radius 2 is 0.862 bits per heavy atom. The van der Waals surface area contributed by atoms with E-state index in [2.05, 4.69) is 9.97 Å². The molecule has 6 N–H and O–H groups in total. The van der Waals surface area contributed by atoms with Gasteiger partial charge in [-0.3, -0.25) is 31.7 Å². The number of rotatable bonds is 2. The Hall–Kier alpha value is -2.52. The third kappa shape index (κ3) is 21.6. The number of nitrogens with zero attached hydrogens (tertiary/aromatic N) is 2. The van der Waals surface area contributed by atoms with Gasteiger partial charge in [-0.05, 0) is 0 Å². The molecular weight excluding hydrogens is 484 g/mol. The van der Waals surface area contributed by atoms with Crippen molar-refractivity contribution >= 4 is 23.0 Å². The number of aromatic nitrogens is 2. The summed E-state index contributed by atoms with van der Waals surface area (Å²) in [4.78, 5) is 24.2. The van der Waals surface area contributed by atoms with Gasteiger partial charge in [0.25, 0.3) is 11.6 Å². The molecule has 0 aliphatic rings. The summed E-state index contributed by atoms with van der Waals surface area (Å²) in [7, 11) is 0. The second-order valence-corrected chi connectivity index (χ2v) is 3.52. The van der Waals surface area contributed by atoms with E-state index in [0.717, 1.165) is 0 Å². The average molecular weight is 496 g/mol. The first-order valence-corrected chi connectivity index (χ1v) is 5.23. The van der Waals surface area contributed by atoms with Gasteiger partial charge in [0, 0.05) is 24.3 Å². The van der Waals surface area contributed by atoms with Crippen LogP contribution in [0.2, 0.25) is 0 Å². The average Bonchev–Trinajstić information content (AvgIpc) is 2.40. The summed E-state index contributed by atoms with van der Waals surface area (Å²) in [5, 5.41) is 20.1. The Bertz CT molecular complexity index is 565. The molecule has 160 valence electrons. The fourth-order valence-electron chi connectivity index (χ4n) is 1.08. The van der Waals surface area contributed by atoms with E-state index in [4.69, 9.17) is 11.5 Å². The molecule has 0 amide bonds. The maximum Gasteiger partial charge on any atom is 6.00 e. The quantitative estimate of drug-likeness (QED) is 0.393. The summed E-state index contributed by atoms with van der Waals surface area (Å²) in [6.07, 6.45) is 2.49. The van der Waals surface area contributed by atoms with Gasteiger partial charge in [0.05, 0.1) is 9.85 Å². The molecule has 0 aliphatic carbocycles. The molecule has 2 rings (SSSR count). The number of anilines is 2. The fourth-order valence-corrected chi connectivity index (χ4v) is 1.08. The van der Waals surface area contributed by atoms with E-state index < -0.39 is 9.85 Å². The largest absolute Gasteiger partial charge is 6.00 e. The van der Waals surface area contributed by atoms with Crippen molar-refractivity contribution in [1.29, 1.82) is 0 Å². The van der Waals surface area contributed by atoms with Gasteiger partial charge in [0.2, 0.25) is 0 Å². The predicted molar refractivity (Wildman–Crippen MR) is 72.9 cm³/mol. The zero-order valence-electron chi connectivity index (χ0n) is 13.8. The molecule has 0 saturated carbocycles. The van der Waals surface area contributed by atoms with Crippen LogP contribution in [0.3, 0.4) is 0 Å². The number of nitrogens with one attached hydrogen (secondary N) is 2. The molecule has 0 aliphatic heterocycles. The van der Waals surface area contributed by atoms with Crippen LogP contribution in [0.1, 0.15) is 0 Å². The first kappa shape index (κ1) is 56.3. The third-order valence-electron chi connectivity index (χ3n) is 2.06. The zero-order valence-corrected chi connectivity index (χ0v) is 16.4. The van der Waals surface area contributed by atoms with E-state index in [1.54, 1.807) is 0 Å². The van der Waals surface area contributed by atoms with E-state index in [1.807, 2.05) is 0 Å². The molecule has 2 aromatic rings. The van der Waals surface area contributed by atoms with Gasteiger partial charge in [-0.25, -0.2) is 9.97 Å². The van der Waals surface area contributed by atoms with Crippen LogP contribution in [-0.2, 0) is 73.1 Å². The van der Waals surface area contributed by atoms with E-state index in [0.29, 0.717) is 11.6 Å². The maximum atomic E-state index is 10.1. The number of H-pyrrole nitrogens is 2. The molecule has 0 fully saturated rings. The third-order valence-corrected chi connectivity index (χ3v) is 2.06. The number of aromatic amines is 2. The molecule has 2 heterocycles. The van der Waals surface area contributed by atoms with Crippen LogP contribution in [0.25, 0.3) is 0 Å². The Balaban J connectivity index is -0.0000000301. The van der Waals surface area contributed by atoms with Crippen LogP contribution in [0.4, 0.5) is 23.0 Å². The molecule has 0 unspecified atom stereocenters. The molecule has 0 aromatic carbocycles. The van der Waals surface area contributed by atoms with Gasteiger partial charge >= 0.3 is 46.1 Å². The van der Waals surface area contributed by atoms with Gasteiger partial charge in [-0.2, -0.15) is 0 Å². The van der Waals surface area contributed by atoms with Crippen molar-refractivity contribution in [1.82, 2.24) is 0 Å². The standard InChI is InChI=1S/2C5H5N3O2.2Cr.7O/c2*6-5-2-1-4(3-7-5)8(9)10;;;;;;;;;/h2*1-3H,(H2,6,7);;;;;;;;;/q;;2*+6;7*-2/p+2. The van der Waals surface area contributed by atoms with Crippen LogP contribution < -0.4 is 21.4 Å². The van der Waals surface area contributed by atoms with Gasteiger partial charge in [0.1, 0.15) is 0 Å². The van der Waals surface area contributed by atoms with Gasteiger partial charge in [-0.1, -0.05) is 0 Å². The Labute approximate surface area is 184 Å². The summed E-state index contributed by atoms with van der Waals surface area (Å²) in [6.45, 7) is 0. The maximum absolute atomic E-state index is 10.1. The minimum atomic E-state index is -0.490. The Morgan fingerprint density at radius 3 is 1.00 bits per heavy atom. The summed E-state index contributed by atoms with van der Waals surface area (Å²) in [5.41, 5.74) is 10.5. The number of hydrogen-bond acceptors (Lipinski definition) is 6. The van der Waals surface area contributed by atoms with Crippen molar-refractivity contribution in [2.75, 3.05) is 11.5 Å². The molecule has 29 heavy (non-hydrogen) atoms. The number of nitro groups is 2. The molecular formula is C10H12Cr2N6O11. The number of hydrogen-bond donors (Lipinski definition) is 2. The Morgan fingerprint density at radius 1 is 0.621 bits per heavy atom. The number of nitrogen functional groups attached to an aromatic ring is 2. The van der Waals surface area contributed by atoms with Crippen molar-refractivity contribution in [3.05, 3.63) is 56.9 Å². The van der Waals surface area contributed by atoms with Crippen LogP contribution in [0, 0.1) is 20.2 Å². The molecule has 19 heteroatoms. The summed E-state index contributed by atoms with van der Waals surface area (Å²) < 4.78 is 0. The monoisotopic (exact) mass is 496 g/mol.